The lowest BCUT2D eigenvalue weighted by Crippen LogP contribution is -2.40. The third-order valence-electron chi connectivity index (χ3n) is 6.36. The number of rotatable bonds is 6. The number of hydrogen-bond acceptors (Lipinski definition) is 3. The number of pyridine rings is 1. The van der Waals surface area contributed by atoms with E-state index in [1.807, 2.05) is 31.2 Å². The van der Waals surface area contributed by atoms with Crippen LogP contribution in [0.25, 0.3) is 10.9 Å². The van der Waals surface area contributed by atoms with Crippen molar-refractivity contribution >= 4 is 33.9 Å². The smallest absolute Gasteiger partial charge is 0.253 e. The molecule has 0 spiro atoms. The van der Waals surface area contributed by atoms with Crippen molar-refractivity contribution in [3.05, 3.63) is 75.1 Å². The van der Waals surface area contributed by atoms with Crippen molar-refractivity contribution in [3.8, 4) is 0 Å². The quantitative estimate of drug-likeness (QED) is 0.514. The first-order valence-corrected chi connectivity index (χ1v) is 11.7. The van der Waals surface area contributed by atoms with E-state index in [1.54, 1.807) is 0 Å². The fraction of sp³-hybridized carbons (Fsp3) is 0.385. The predicted molar refractivity (Wildman–Crippen MR) is 135 cm³/mol. The largest absolute Gasteiger partial charge is 0.376 e. The molecule has 2 aromatic carbocycles. The minimum Gasteiger partial charge on any atom is -0.376 e. The molecule has 2 heterocycles. The molecule has 168 valence electrons. The zero-order chi connectivity index (χ0) is 22.7. The number of nitrogens with zero attached hydrogens (tertiary/aromatic N) is 1. The lowest BCUT2D eigenvalue weighted by atomic mass is 10.0. The summed E-state index contributed by atoms with van der Waals surface area (Å²) in [6.45, 7) is 8.10. The Morgan fingerprint density at radius 3 is 2.78 bits per heavy atom. The van der Waals surface area contributed by atoms with Crippen LogP contribution in [0.4, 0.5) is 5.69 Å². The number of benzene rings is 2. The van der Waals surface area contributed by atoms with Gasteiger partial charge in [0.25, 0.3) is 5.56 Å². The molecule has 0 bridgehead atoms. The number of aromatic amines is 1. The second-order valence-electron chi connectivity index (χ2n) is 8.55. The average molecular weight is 450 g/mol. The molecule has 1 aliphatic heterocycles. The maximum absolute atomic E-state index is 13.0. The van der Waals surface area contributed by atoms with Crippen LogP contribution in [0.5, 0.6) is 0 Å². The third-order valence-corrected chi connectivity index (χ3v) is 6.72. The van der Waals surface area contributed by atoms with E-state index in [9.17, 15) is 4.79 Å². The number of hydrogen-bond donors (Lipinski definition) is 2. The minimum absolute atomic E-state index is 0.0692. The number of nitrogens with one attached hydrogen (secondary N) is 2. The summed E-state index contributed by atoms with van der Waals surface area (Å²) in [4.78, 5) is 18.1. The van der Waals surface area contributed by atoms with Crippen LogP contribution in [0.3, 0.4) is 0 Å². The topological polar surface area (TPSA) is 57.4 Å². The van der Waals surface area contributed by atoms with Gasteiger partial charge in [0.15, 0.2) is 5.11 Å². The summed E-state index contributed by atoms with van der Waals surface area (Å²) in [5.74, 6) is 0. The van der Waals surface area contributed by atoms with Crippen molar-refractivity contribution in [2.75, 3.05) is 18.5 Å². The minimum atomic E-state index is -0.0692. The van der Waals surface area contributed by atoms with E-state index in [4.69, 9.17) is 17.0 Å². The first-order valence-electron chi connectivity index (χ1n) is 11.3. The van der Waals surface area contributed by atoms with E-state index in [0.29, 0.717) is 23.8 Å². The highest BCUT2D eigenvalue weighted by Gasteiger charge is 2.22. The molecular formula is C26H31N3O2S. The van der Waals surface area contributed by atoms with Gasteiger partial charge in [-0.15, -0.1) is 0 Å². The fourth-order valence-corrected chi connectivity index (χ4v) is 4.54. The van der Waals surface area contributed by atoms with Gasteiger partial charge in [-0.2, -0.15) is 0 Å². The molecular weight excluding hydrogens is 418 g/mol. The number of ether oxygens (including phenoxy) is 1. The summed E-state index contributed by atoms with van der Waals surface area (Å²) >= 11 is 5.82. The highest BCUT2D eigenvalue weighted by molar-refractivity contribution is 7.80. The molecule has 1 saturated heterocycles. The molecule has 3 aromatic rings. The van der Waals surface area contributed by atoms with Crippen LogP contribution in [0.2, 0.25) is 0 Å². The summed E-state index contributed by atoms with van der Waals surface area (Å²) in [6.07, 6.45) is 3.12. The summed E-state index contributed by atoms with van der Waals surface area (Å²) in [5, 5.41) is 5.07. The summed E-state index contributed by atoms with van der Waals surface area (Å²) in [7, 11) is 0. The van der Waals surface area contributed by atoms with E-state index in [2.05, 4.69) is 47.2 Å². The molecule has 0 amide bonds. The predicted octanol–water partition coefficient (Wildman–Crippen LogP) is 5.09. The number of H-pyrrole nitrogens is 1. The van der Waals surface area contributed by atoms with Gasteiger partial charge in [0.1, 0.15) is 0 Å². The molecule has 2 N–H and O–H groups in total. The molecule has 6 heteroatoms. The fourth-order valence-electron chi connectivity index (χ4n) is 4.29. The van der Waals surface area contributed by atoms with Crippen LogP contribution < -0.4 is 10.9 Å². The number of anilines is 1. The number of para-hydroxylation sites is 1. The van der Waals surface area contributed by atoms with Gasteiger partial charge in [-0.3, -0.25) is 4.79 Å². The van der Waals surface area contributed by atoms with Crippen LogP contribution in [0.15, 0.2) is 47.3 Å². The molecule has 4 rings (SSSR count). The molecule has 5 nitrogen and oxygen atoms in total. The highest BCUT2D eigenvalue weighted by atomic mass is 32.1. The van der Waals surface area contributed by atoms with E-state index in [0.717, 1.165) is 48.0 Å². The molecule has 1 fully saturated rings. The van der Waals surface area contributed by atoms with Crippen molar-refractivity contribution in [2.24, 2.45) is 0 Å². The van der Waals surface area contributed by atoms with Crippen LogP contribution >= 0.6 is 12.2 Å². The Morgan fingerprint density at radius 1 is 1.22 bits per heavy atom. The van der Waals surface area contributed by atoms with Crippen molar-refractivity contribution in [1.82, 2.24) is 9.88 Å². The van der Waals surface area contributed by atoms with Crippen molar-refractivity contribution < 1.29 is 4.74 Å². The lowest BCUT2D eigenvalue weighted by molar-refractivity contribution is 0.0904. The molecule has 0 unspecified atom stereocenters. The Labute approximate surface area is 194 Å². The van der Waals surface area contributed by atoms with Gasteiger partial charge >= 0.3 is 0 Å². The molecule has 1 aliphatic rings. The average Bonchev–Trinajstić information content (AvgIpc) is 3.30. The summed E-state index contributed by atoms with van der Waals surface area (Å²) < 4.78 is 5.88. The molecule has 0 saturated carbocycles. The van der Waals surface area contributed by atoms with E-state index in [-0.39, 0.29) is 11.7 Å². The van der Waals surface area contributed by atoms with E-state index in [1.165, 1.54) is 11.1 Å². The van der Waals surface area contributed by atoms with Gasteiger partial charge in [-0.25, -0.2) is 0 Å². The zero-order valence-corrected chi connectivity index (χ0v) is 19.8. The Hall–Kier alpha value is -2.70. The van der Waals surface area contributed by atoms with Crippen LogP contribution in [0.1, 0.15) is 42.0 Å². The monoisotopic (exact) mass is 449 g/mol. The van der Waals surface area contributed by atoms with Crippen molar-refractivity contribution in [1.29, 1.82) is 0 Å². The third kappa shape index (κ3) is 4.87. The first kappa shape index (κ1) is 22.5. The maximum Gasteiger partial charge on any atom is 0.253 e. The number of aromatic nitrogens is 1. The second-order valence-corrected chi connectivity index (χ2v) is 8.94. The lowest BCUT2D eigenvalue weighted by Gasteiger charge is -2.28. The van der Waals surface area contributed by atoms with Gasteiger partial charge < -0.3 is 19.9 Å². The Balaban J connectivity index is 1.63. The van der Waals surface area contributed by atoms with Crippen molar-refractivity contribution in [2.45, 2.75) is 52.7 Å². The van der Waals surface area contributed by atoms with Gasteiger partial charge in [0.2, 0.25) is 0 Å². The van der Waals surface area contributed by atoms with E-state index < -0.39 is 0 Å². The second kappa shape index (κ2) is 9.84. The molecule has 0 aliphatic carbocycles. The van der Waals surface area contributed by atoms with Crippen molar-refractivity contribution in [3.63, 3.8) is 0 Å². The molecule has 0 radical (unpaired) electrons. The van der Waals surface area contributed by atoms with Gasteiger partial charge in [-0.05, 0) is 79.5 Å². The molecule has 32 heavy (non-hydrogen) atoms. The highest BCUT2D eigenvalue weighted by Crippen LogP contribution is 2.22. The summed E-state index contributed by atoms with van der Waals surface area (Å²) in [5.41, 5.74) is 6.03. The number of fused-ring (bicyclic) bond motifs is 1. The zero-order valence-electron chi connectivity index (χ0n) is 19.0. The normalized spacial score (nSPS) is 15.8. The van der Waals surface area contributed by atoms with E-state index >= 15 is 0 Å². The molecule has 1 aromatic heterocycles. The Bertz CT molecular complexity index is 1180. The van der Waals surface area contributed by atoms with Gasteiger partial charge in [0, 0.05) is 24.4 Å². The van der Waals surface area contributed by atoms with Crippen LogP contribution in [0, 0.1) is 13.8 Å². The van der Waals surface area contributed by atoms with Gasteiger partial charge in [0.05, 0.1) is 18.2 Å². The SMILES string of the molecule is CCc1ccccc1NC(=S)N(Cc1cc2ccc(C)c(C)c2[nH]c1=O)C[C@H]1CCCO1. The maximum atomic E-state index is 13.0. The Kier molecular flexibility index (Phi) is 6.92. The Morgan fingerprint density at radius 2 is 2.03 bits per heavy atom. The number of aryl methyl sites for hydroxylation is 3. The van der Waals surface area contributed by atoms with Gasteiger partial charge in [-0.1, -0.05) is 37.3 Å². The first-order chi connectivity index (χ1) is 15.5. The molecule has 1 atom stereocenters. The number of thiocarbonyl (C=S) groups is 1. The standard InChI is InChI=1S/C26H31N3O2S/c1-4-19-8-5-6-10-23(19)27-26(32)29(16-22-9-7-13-31-22)15-21-14-20-12-11-17(2)18(3)24(20)28-25(21)30/h5-6,8,10-12,14,22H,4,7,9,13,15-16H2,1-3H3,(H,27,32)(H,28,30)/t22-/m1/s1. The van der Waals surface area contributed by atoms with Crippen LogP contribution in [-0.2, 0) is 17.7 Å². The van der Waals surface area contributed by atoms with Crippen LogP contribution in [-0.4, -0.2) is 34.3 Å². The summed E-state index contributed by atoms with van der Waals surface area (Å²) in [6, 6.07) is 14.3.